The number of piperazine rings is 1. The SMILES string of the molecule is CC1C=CC=CC1CNC(=O)N1[C@H]2CN(CC3CCCCC3)C(=O)[C@H](Cc3ccccc3)N2C(=O)CN1C. The van der Waals surface area contributed by atoms with Gasteiger partial charge in [0.1, 0.15) is 12.2 Å². The summed E-state index contributed by atoms with van der Waals surface area (Å²) in [6.45, 7) is 3.76. The van der Waals surface area contributed by atoms with Gasteiger partial charge in [-0.25, -0.2) is 14.8 Å². The highest BCUT2D eigenvalue weighted by atomic mass is 16.2. The standard InChI is InChI=1S/C30H41N5O3/c1-22-11-9-10-16-25(22)18-31-30(38)35-27-20-33(19-24-14-7-4-8-15-24)29(37)26(17-23-12-5-3-6-13-23)34(27)28(36)21-32(35)2/h3,5-6,9-13,16,22,24-27H,4,7-8,14-15,17-21H2,1-2H3,(H,31,38)/t22?,25?,26-,27-/m0/s1. The number of hydrogen-bond donors (Lipinski definition) is 1. The lowest BCUT2D eigenvalue weighted by Gasteiger charge is -2.55. The summed E-state index contributed by atoms with van der Waals surface area (Å²) in [6.07, 6.45) is 14.2. The molecular weight excluding hydrogens is 478 g/mol. The van der Waals surface area contributed by atoms with Gasteiger partial charge >= 0.3 is 6.03 Å². The van der Waals surface area contributed by atoms with E-state index >= 15 is 0 Å². The largest absolute Gasteiger partial charge is 0.337 e. The van der Waals surface area contributed by atoms with Gasteiger partial charge in [0.25, 0.3) is 0 Å². The van der Waals surface area contributed by atoms with E-state index in [1.807, 2.05) is 47.4 Å². The monoisotopic (exact) mass is 519 g/mol. The number of hydrogen-bond acceptors (Lipinski definition) is 4. The lowest BCUT2D eigenvalue weighted by Crippen LogP contribution is -2.76. The van der Waals surface area contributed by atoms with E-state index < -0.39 is 12.2 Å². The molecule has 1 aromatic carbocycles. The second-order valence-corrected chi connectivity index (χ2v) is 11.4. The van der Waals surface area contributed by atoms with Crippen LogP contribution in [0.5, 0.6) is 0 Å². The molecule has 8 nitrogen and oxygen atoms in total. The van der Waals surface area contributed by atoms with Gasteiger partial charge in [-0.2, -0.15) is 0 Å². The van der Waals surface area contributed by atoms with Crippen molar-refractivity contribution in [3.05, 3.63) is 60.2 Å². The molecule has 204 valence electrons. The van der Waals surface area contributed by atoms with E-state index in [9.17, 15) is 14.4 Å². The van der Waals surface area contributed by atoms with Crippen molar-refractivity contribution in [1.82, 2.24) is 25.1 Å². The first kappa shape index (κ1) is 26.5. The van der Waals surface area contributed by atoms with Crippen molar-refractivity contribution in [2.24, 2.45) is 17.8 Å². The molecule has 2 unspecified atom stereocenters. The Balaban J connectivity index is 1.39. The molecule has 0 bridgehead atoms. The van der Waals surface area contributed by atoms with Crippen molar-refractivity contribution in [3.8, 4) is 0 Å². The number of nitrogens with zero attached hydrogens (tertiary/aromatic N) is 4. The van der Waals surface area contributed by atoms with Crippen molar-refractivity contribution in [1.29, 1.82) is 0 Å². The molecule has 4 atom stereocenters. The topological polar surface area (TPSA) is 76.2 Å². The molecule has 4 amide bonds. The van der Waals surface area contributed by atoms with Crippen LogP contribution in [-0.2, 0) is 16.0 Å². The molecule has 1 saturated carbocycles. The van der Waals surface area contributed by atoms with Crippen LogP contribution in [0.3, 0.4) is 0 Å². The van der Waals surface area contributed by atoms with Gasteiger partial charge in [-0.3, -0.25) is 9.59 Å². The van der Waals surface area contributed by atoms with E-state index in [1.54, 1.807) is 22.0 Å². The molecule has 2 aliphatic heterocycles. The summed E-state index contributed by atoms with van der Waals surface area (Å²) < 4.78 is 0. The van der Waals surface area contributed by atoms with Gasteiger partial charge < -0.3 is 15.1 Å². The Bertz CT molecular complexity index is 1070. The van der Waals surface area contributed by atoms with Crippen molar-refractivity contribution in [2.45, 2.75) is 57.7 Å². The van der Waals surface area contributed by atoms with Gasteiger partial charge in [-0.05, 0) is 30.2 Å². The Morgan fingerprint density at radius 3 is 2.50 bits per heavy atom. The number of likely N-dealkylation sites (N-methyl/N-ethyl adjacent to an activating group) is 1. The molecule has 3 fully saturated rings. The number of carbonyl (C=O) groups is 3. The summed E-state index contributed by atoms with van der Waals surface area (Å²) in [5, 5.41) is 6.51. The minimum absolute atomic E-state index is 0.00175. The van der Waals surface area contributed by atoms with E-state index in [0.29, 0.717) is 37.9 Å². The molecule has 1 N–H and O–H groups in total. The minimum Gasteiger partial charge on any atom is -0.337 e. The zero-order valence-electron chi connectivity index (χ0n) is 22.7. The highest BCUT2D eigenvalue weighted by Crippen LogP contribution is 2.31. The highest BCUT2D eigenvalue weighted by molar-refractivity contribution is 5.91. The molecular formula is C30H41N5O3. The smallest absolute Gasteiger partial charge is 0.333 e. The van der Waals surface area contributed by atoms with Crippen LogP contribution in [0.1, 0.15) is 44.6 Å². The number of benzene rings is 1. The fourth-order valence-corrected chi connectivity index (χ4v) is 6.49. The molecule has 2 saturated heterocycles. The summed E-state index contributed by atoms with van der Waals surface area (Å²) in [7, 11) is 1.79. The molecule has 5 rings (SSSR count). The van der Waals surface area contributed by atoms with Crippen LogP contribution in [0.25, 0.3) is 0 Å². The van der Waals surface area contributed by atoms with Crippen LogP contribution < -0.4 is 5.32 Å². The van der Waals surface area contributed by atoms with Crippen LogP contribution >= 0.6 is 0 Å². The Kier molecular flexibility index (Phi) is 8.17. The third-order valence-corrected chi connectivity index (χ3v) is 8.67. The Hall–Kier alpha value is -3.13. The number of amides is 4. The van der Waals surface area contributed by atoms with Crippen LogP contribution in [0, 0.1) is 17.8 Å². The van der Waals surface area contributed by atoms with E-state index in [-0.39, 0.29) is 30.3 Å². The Morgan fingerprint density at radius 1 is 1.03 bits per heavy atom. The normalized spacial score (nSPS) is 28.5. The summed E-state index contributed by atoms with van der Waals surface area (Å²) in [6, 6.07) is 9.03. The summed E-state index contributed by atoms with van der Waals surface area (Å²) in [4.78, 5) is 44.6. The van der Waals surface area contributed by atoms with Crippen molar-refractivity contribution in [2.75, 3.05) is 33.2 Å². The molecule has 2 heterocycles. The number of rotatable bonds is 6. The van der Waals surface area contributed by atoms with E-state index in [1.165, 1.54) is 19.3 Å². The second kappa shape index (κ2) is 11.7. The highest BCUT2D eigenvalue weighted by Gasteiger charge is 2.50. The fourth-order valence-electron chi connectivity index (χ4n) is 6.49. The number of nitrogens with one attached hydrogen (secondary N) is 1. The van der Waals surface area contributed by atoms with Crippen LogP contribution in [0.15, 0.2) is 54.6 Å². The predicted octanol–water partition coefficient (Wildman–Crippen LogP) is 3.43. The van der Waals surface area contributed by atoms with Gasteiger partial charge in [0.15, 0.2) is 0 Å². The zero-order chi connectivity index (χ0) is 26.6. The third kappa shape index (κ3) is 5.65. The van der Waals surface area contributed by atoms with E-state index in [4.69, 9.17) is 0 Å². The first-order valence-corrected chi connectivity index (χ1v) is 14.2. The molecule has 2 aliphatic carbocycles. The van der Waals surface area contributed by atoms with Gasteiger partial charge in [0, 0.05) is 32.5 Å². The number of urea groups is 1. The third-order valence-electron chi connectivity index (χ3n) is 8.67. The molecule has 0 spiro atoms. The number of allylic oxidation sites excluding steroid dienone is 3. The second-order valence-electron chi connectivity index (χ2n) is 11.4. The fraction of sp³-hybridized carbons (Fsp3) is 0.567. The van der Waals surface area contributed by atoms with Crippen molar-refractivity contribution >= 4 is 17.8 Å². The maximum absolute atomic E-state index is 13.9. The maximum Gasteiger partial charge on any atom is 0.333 e. The minimum atomic E-state index is -0.623. The Labute approximate surface area is 226 Å². The van der Waals surface area contributed by atoms with Gasteiger partial charge in [0.05, 0.1) is 13.1 Å². The molecule has 1 aromatic rings. The first-order chi connectivity index (χ1) is 18.4. The van der Waals surface area contributed by atoms with Crippen molar-refractivity contribution < 1.29 is 14.4 Å². The van der Waals surface area contributed by atoms with E-state index in [2.05, 4.69) is 24.4 Å². The average Bonchev–Trinajstić information content (AvgIpc) is 2.91. The van der Waals surface area contributed by atoms with Crippen LogP contribution in [-0.4, -0.2) is 83.1 Å². The molecule has 38 heavy (non-hydrogen) atoms. The first-order valence-electron chi connectivity index (χ1n) is 14.2. The van der Waals surface area contributed by atoms with E-state index in [0.717, 1.165) is 18.4 Å². The summed E-state index contributed by atoms with van der Waals surface area (Å²) in [5.74, 6) is 0.928. The van der Waals surface area contributed by atoms with Crippen LogP contribution in [0.2, 0.25) is 0 Å². The summed E-state index contributed by atoms with van der Waals surface area (Å²) >= 11 is 0. The quantitative estimate of drug-likeness (QED) is 0.625. The molecule has 0 radical (unpaired) electrons. The number of hydrazine groups is 1. The van der Waals surface area contributed by atoms with Gasteiger partial charge in [-0.15, -0.1) is 0 Å². The zero-order valence-corrected chi connectivity index (χ0v) is 22.7. The lowest BCUT2D eigenvalue weighted by atomic mass is 9.88. The number of carbonyl (C=O) groups excluding carboxylic acids is 3. The molecule has 4 aliphatic rings. The summed E-state index contributed by atoms with van der Waals surface area (Å²) in [5.41, 5.74) is 1.01. The predicted molar refractivity (Wildman–Crippen MR) is 147 cm³/mol. The number of fused-ring (bicyclic) bond motifs is 1. The average molecular weight is 520 g/mol. The van der Waals surface area contributed by atoms with Gasteiger partial charge in [0.2, 0.25) is 11.8 Å². The molecule has 0 aromatic heterocycles. The maximum atomic E-state index is 13.9. The van der Waals surface area contributed by atoms with Crippen LogP contribution in [0.4, 0.5) is 4.79 Å². The van der Waals surface area contributed by atoms with Gasteiger partial charge in [-0.1, -0.05) is 80.8 Å². The van der Waals surface area contributed by atoms with Crippen molar-refractivity contribution in [3.63, 3.8) is 0 Å². The Morgan fingerprint density at radius 2 is 1.76 bits per heavy atom. The lowest BCUT2D eigenvalue weighted by molar-refractivity contribution is -0.187. The molecule has 8 heteroatoms.